The zero-order valence-corrected chi connectivity index (χ0v) is 14.7. The van der Waals surface area contributed by atoms with Gasteiger partial charge < -0.3 is 10.4 Å². The van der Waals surface area contributed by atoms with Crippen LogP contribution < -0.4 is 5.32 Å². The lowest BCUT2D eigenvalue weighted by molar-refractivity contribution is -0.384. The van der Waals surface area contributed by atoms with Gasteiger partial charge >= 0.3 is 0 Å². The van der Waals surface area contributed by atoms with E-state index in [1.165, 1.54) is 12.1 Å². The molecule has 0 bridgehead atoms. The van der Waals surface area contributed by atoms with E-state index in [-0.39, 0.29) is 11.4 Å². The average Bonchev–Trinajstić information content (AvgIpc) is 2.74. The van der Waals surface area contributed by atoms with Gasteiger partial charge in [-0.15, -0.1) is 0 Å². The highest BCUT2D eigenvalue weighted by atomic mass is 16.6. The second-order valence-corrected chi connectivity index (χ2v) is 6.22. The minimum atomic E-state index is -0.554. The van der Waals surface area contributed by atoms with Crippen molar-refractivity contribution >= 4 is 22.4 Å². The molecular weight excluding hydrogens is 356 g/mol. The Hall–Kier alpha value is -4.00. The summed E-state index contributed by atoms with van der Waals surface area (Å²) in [4.78, 5) is 19.3. The third-order valence-corrected chi connectivity index (χ3v) is 4.46. The number of nitrogens with zero attached hydrogens (tertiary/aromatic N) is 3. The lowest BCUT2D eigenvalue weighted by atomic mass is 9.96. The lowest BCUT2D eigenvalue weighted by Crippen LogP contribution is -2.14. The number of nitrogens with one attached hydrogen (secondary N) is 1. The molecule has 0 unspecified atom stereocenters. The van der Waals surface area contributed by atoms with Gasteiger partial charge in [0.25, 0.3) is 5.69 Å². The molecule has 0 aliphatic heterocycles. The Morgan fingerprint density at radius 1 is 0.964 bits per heavy atom. The minimum Gasteiger partial charge on any atom is -0.505 e. The molecule has 0 aliphatic carbocycles. The Bertz CT molecular complexity index is 1150. The number of hydrogen-bond donors (Lipinski definition) is 2. The van der Waals surface area contributed by atoms with E-state index in [2.05, 4.69) is 15.3 Å². The molecule has 1 atom stereocenters. The maximum atomic E-state index is 11.2. The molecule has 7 nitrogen and oxygen atoms in total. The third kappa shape index (κ3) is 3.33. The van der Waals surface area contributed by atoms with Gasteiger partial charge in [0.2, 0.25) is 0 Å². The quantitative estimate of drug-likeness (QED) is 0.397. The first-order valence-electron chi connectivity index (χ1n) is 8.62. The second-order valence-electron chi connectivity index (χ2n) is 6.22. The van der Waals surface area contributed by atoms with Crippen LogP contribution in [0.15, 0.2) is 79.1 Å². The van der Waals surface area contributed by atoms with E-state index in [4.69, 9.17) is 0 Å². The molecule has 4 aromatic rings. The monoisotopic (exact) mass is 372 g/mol. The normalized spacial score (nSPS) is 11.9. The number of nitro groups is 1. The van der Waals surface area contributed by atoms with Gasteiger partial charge in [0.15, 0.2) is 0 Å². The highest BCUT2D eigenvalue weighted by Crippen LogP contribution is 2.36. The van der Waals surface area contributed by atoms with Gasteiger partial charge in [0.1, 0.15) is 17.1 Å². The molecule has 0 spiro atoms. The van der Waals surface area contributed by atoms with Crippen molar-refractivity contribution in [2.75, 3.05) is 5.32 Å². The van der Waals surface area contributed by atoms with E-state index >= 15 is 0 Å². The first-order chi connectivity index (χ1) is 13.6. The van der Waals surface area contributed by atoms with E-state index in [1.54, 1.807) is 48.8 Å². The first-order valence-corrected chi connectivity index (χ1v) is 8.62. The summed E-state index contributed by atoms with van der Waals surface area (Å²) in [6, 6.07) is 18.5. The maximum absolute atomic E-state index is 11.2. The summed E-state index contributed by atoms with van der Waals surface area (Å²) in [5.74, 6) is 0.609. The number of pyridine rings is 2. The van der Waals surface area contributed by atoms with Crippen LogP contribution in [0.2, 0.25) is 0 Å². The summed E-state index contributed by atoms with van der Waals surface area (Å²) in [6.07, 6.45) is 3.26. The standard InChI is InChI=1S/C21H16N4O3/c26-21-17(10-9-14-6-4-12-23-20(14)21)19(24-18-8-1-2-11-22-18)15-5-3-7-16(13-15)25(27)28/h1-13,19,26H,(H,22,24)/t19-/m1/s1. The number of anilines is 1. The van der Waals surface area contributed by atoms with Crippen LogP contribution in [0.1, 0.15) is 17.2 Å². The van der Waals surface area contributed by atoms with E-state index < -0.39 is 11.0 Å². The minimum absolute atomic E-state index is 0.0243. The van der Waals surface area contributed by atoms with E-state index in [9.17, 15) is 15.2 Å². The van der Waals surface area contributed by atoms with Crippen LogP contribution in [0, 0.1) is 10.1 Å². The number of phenolic OH excluding ortho intramolecular Hbond substituents is 1. The molecule has 2 aromatic carbocycles. The molecular formula is C21H16N4O3. The molecule has 0 radical (unpaired) electrons. The summed E-state index contributed by atoms with van der Waals surface area (Å²) in [5, 5.41) is 26.2. The Kier molecular flexibility index (Phi) is 4.55. The fourth-order valence-electron chi connectivity index (χ4n) is 3.13. The van der Waals surface area contributed by atoms with Gasteiger partial charge in [-0.25, -0.2) is 4.98 Å². The highest BCUT2D eigenvalue weighted by Gasteiger charge is 2.22. The Morgan fingerprint density at radius 3 is 2.61 bits per heavy atom. The second kappa shape index (κ2) is 7.32. The maximum Gasteiger partial charge on any atom is 0.269 e. The van der Waals surface area contributed by atoms with Gasteiger partial charge in [-0.05, 0) is 23.8 Å². The lowest BCUT2D eigenvalue weighted by Gasteiger charge is -2.21. The first kappa shape index (κ1) is 17.4. The number of hydrogen-bond acceptors (Lipinski definition) is 6. The van der Waals surface area contributed by atoms with Crippen molar-refractivity contribution < 1.29 is 10.0 Å². The molecule has 4 rings (SSSR count). The smallest absolute Gasteiger partial charge is 0.269 e. The van der Waals surface area contributed by atoms with Crippen molar-refractivity contribution in [2.45, 2.75) is 6.04 Å². The van der Waals surface area contributed by atoms with Crippen LogP contribution in [0.25, 0.3) is 10.9 Å². The van der Waals surface area contributed by atoms with Crippen molar-refractivity contribution in [1.82, 2.24) is 9.97 Å². The van der Waals surface area contributed by atoms with Crippen molar-refractivity contribution in [3.8, 4) is 5.75 Å². The highest BCUT2D eigenvalue weighted by molar-refractivity contribution is 5.86. The van der Waals surface area contributed by atoms with Crippen molar-refractivity contribution in [1.29, 1.82) is 0 Å². The number of fused-ring (bicyclic) bond motifs is 1. The Morgan fingerprint density at radius 2 is 1.82 bits per heavy atom. The molecule has 138 valence electrons. The van der Waals surface area contributed by atoms with E-state index in [0.29, 0.717) is 22.5 Å². The molecule has 0 saturated carbocycles. The SMILES string of the molecule is O=[N+]([O-])c1cccc([C@@H](Nc2ccccn2)c2ccc3cccnc3c2O)c1. The Balaban J connectivity index is 1.87. The molecule has 2 heterocycles. The van der Waals surface area contributed by atoms with E-state index in [1.807, 2.05) is 18.2 Å². The predicted octanol–water partition coefficient (Wildman–Crippen LogP) is 4.45. The average molecular weight is 372 g/mol. The van der Waals surface area contributed by atoms with E-state index in [0.717, 1.165) is 5.39 Å². The van der Waals surface area contributed by atoms with Crippen molar-refractivity contribution in [3.63, 3.8) is 0 Å². The van der Waals surface area contributed by atoms with Gasteiger partial charge in [-0.1, -0.05) is 36.4 Å². The third-order valence-electron chi connectivity index (χ3n) is 4.46. The molecule has 28 heavy (non-hydrogen) atoms. The van der Waals surface area contributed by atoms with Gasteiger partial charge in [0, 0.05) is 35.5 Å². The van der Waals surface area contributed by atoms with Crippen molar-refractivity contribution in [2.24, 2.45) is 0 Å². The fraction of sp³-hybridized carbons (Fsp3) is 0.0476. The zero-order valence-electron chi connectivity index (χ0n) is 14.7. The van der Waals surface area contributed by atoms with Gasteiger partial charge in [-0.2, -0.15) is 0 Å². The number of aromatic nitrogens is 2. The number of phenols is 1. The van der Waals surface area contributed by atoms with Crippen LogP contribution in [-0.4, -0.2) is 20.0 Å². The predicted molar refractivity (Wildman–Crippen MR) is 106 cm³/mol. The summed E-state index contributed by atoms with van der Waals surface area (Å²) < 4.78 is 0. The van der Waals surface area contributed by atoms with Crippen LogP contribution in [0.4, 0.5) is 11.5 Å². The summed E-state index contributed by atoms with van der Waals surface area (Å²) in [5.41, 5.74) is 1.63. The number of nitro benzene ring substituents is 1. The molecule has 2 aromatic heterocycles. The Labute approximate surface area is 160 Å². The van der Waals surface area contributed by atoms with Crippen molar-refractivity contribution in [3.05, 3.63) is 100 Å². The molecule has 0 aliphatic rings. The van der Waals surface area contributed by atoms with Crippen LogP contribution >= 0.6 is 0 Å². The topological polar surface area (TPSA) is 101 Å². The molecule has 7 heteroatoms. The molecule has 0 saturated heterocycles. The van der Waals surface area contributed by atoms with Gasteiger partial charge in [-0.3, -0.25) is 15.1 Å². The number of benzene rings is 2. The zero-order chi connectivity index (χ0) is 19.5. The van der Waals surface area contributed by atoms with Crippen LogP contribution in [0.5, 0.6) is 5.75 Å². The number of non-ortho nitro benzene ring substituents is 1. The largest absolute Gasteiger partial charge is 0.505 e. The number of rotatable bonds is 5. The summed E-state index contributed by atoms with van der Waals surface area (Å²) in [7, 11) is 0. The van der Waals surface area contributed by atoms with Gasteiger partial charge in [0.05, 0.1) is 11.0 Å². The number of aromatic hydroxyl groups is 1. The summed E-state index contributed by atoms with van der Waals surface area (Å²) in [6.45, 7) is 0. The fourth-order valence-corrected chi connectivity index (χ4v) is 3.13. The molecule has 0 fully saturated rings. The summed E-state index contributed by atoms with van der Waals surface area (Å²) >= 11 is 0. The van der Waals surface area contributed by atoms with Crippen LogP contribution in [-0.2, 0) is 0 Å². The molecule has 0 amide bonds. The van der Waals surface area contributed by atoms with Crippen LogP contribution in [0.3, 0.4) is 0 Å². The molecule has 2 N–H and O–H groups in total.